The number of H-pyrrole nitrogens is 2. The van der Waals surface area contributed by atoms with Crippen molar-refractivity contribution < 1.29 is 9.18 Å². The molecule has 37 heavy (non-hydrogen) atoms. The Labute approximate surface area is 214 Å². The molecule has 1 aliphatic rings. The van der Waals surface area contributed by atoms with Crippen LogP contribution in [0.3, 0.4) is 0 Å². The van der Waals surface area contributed by atoms with Gasteiger partial charge in [0.2, 0.25) is 5.91 Å². The van der Waals surface area contributed by atoms with Gasteiger partial charge in [0, 0.05) is 56.2 Å². The first-order chi connectivity index (χ1) is 18.0. The number of nitrogens with one attached hydrogen (secondary N) is 3. The number of amides is 1. The minimum atomic E-state index is -0.420. The fourth-order valence-corrected chi connectivity index (χ4v) is 5.39. The van der Waals surface area contributed by atoms with Crippen LogP contribution in [0.1, 0.15) is 17.7 Å². The molecule has 1 fully saturated rings. The van der Waals surface area contributed by atoms with Crippen LogP contribution in [0, 0.1) is 18.7 Å². The van der Waals surface area contributed by atoms with Crippen molar-refractivity contribution in [3.8, 4) is 33.1 Å². The number of nitrogens with zero attached hydrogens (tertiary/aromatic N) is 4. The third-order valence-electron chi connectivity index (χ3n) is 6.54. The molecule has 0 spiro atoms. The van der Waals surface area contributed by atoms with E-state index in [1.165, 1.54) is 10.9 Å². The lowest BCUT2D eigenvalue weighted by atomic mass is 10.0. The van der Waals surface area contributed by atoms with Crippen LogP contribution < -0.4 is 5.32 Å². The predicted octanol–water partition coefficient (Wildman–Crippen LogP) is 6.09. The first-order valence-electron chi connectivity index (χ1n) is 11.9. The smallest absolute Gasteiger partial charge is 0.227 e. The van der Waals surface area contributed by atoms with Gasteiger partial charge in [-0.2, -0.15) is 5.10 Å². The molecule has 3 N–H and O–H groups in total. The normalized spacial score (nSPS) is 13.5. The van der Waals surface area contributed by atoms with Gasteiger partial charge >= 0.3 is 0 Å². The van der Waals surface area contributed by atoms with Crippen LogP contribution >= 0.6 is 11.3 Å². The zero-order valence-corrected chi connectivity index (χ0v) is 20.5. The number of benzene rings is 1. The molecule has 0 aliphatic heterocycles. The summed E-state index contributed by atoms with van der Waals surface area (Å²) in [6.45, 7) is 2.07. The highest BCUT2D eigenvalue weighted by Crippen LogP contribution is 2.36. The molecule has 5 heterocycles. The van der Waals surface area contributed by atoms with Crippen molar-refractivity contribution in [1.82, 2.24) is 30.1 Å². The molecule has 5 aromatic heterocycles. The number of carbonyl (C=O) groups is 1. The Kier molecular flexibility index (Phi) is 4.90. The van der Waals surface area contributed by atoms with E-state index >= 15 is 4.39 Å². The second kappa shape index (κ2) is 8.31. The average molecular weight is 510 g/mol. The lowest BCUT2D eigenvalue weighted by Gasteiger charge is -2.08. The molecule has 10 heteroatoms. The van der Waals surface area contributed by atoms with E-state index in [4.69, 9.17) is 4.98 Å². The van der Waals surface area contributed by atoms with Gasteiger partial charge in [-0.15, -0.1) is 11.3 Å². The number of anilines is 1. The van der Waals surface area contributed by atoms with Crippen LogP contribution in [-0.2, 0) is 4.79 Å². The van der Waals surface area contributed by atoms with E-state index in [-0.39, 0.29) is 11.8 Å². The summed E-state index contributed by atoms with van der Waals surface area (Å²) in [4.78, 5) is 31.3. The number of hydrogen-bond donors (Lipinski definition) is 3. The number of aryl methyl sites for hydroxylation is 1. The van der Waals surface area contributed by atoms with Gasteiger partial charge in [0.1, 0.15) is 11.5 Å². The number of rotatable bonds is 5. The van der Waals surface area contributed by atoms with Crippen molar-refractivity contribution in [3.05, 3.63) is 65.7 Å². The largest absolute Gasteiger partial charge is 0.335 e. The molecule has 6 aromatic rings. The van der Waals surface area contributed by atoms with Crippen LogP contribution in [0.25, 0.3) is 55.2 Å². The summed E-state index contributed by atoms with van der Waals surface area (Å²) in [6, 6.07) is 11.0. The molecule has 1 saturated carbocycles. The molecule has 0 radical (unpaired) electrons. The lowest BCUT2D eigenvalue weighted by molar-refractivity contribution is -0.117. The van der Waals surface area contributed by atoms with Gasteiger partial charge in [-0.1, -0.05) is 0 Å². The lowest BCUT2D eigenvalue weighted by Crippen LogP contribution is -2.13. The minimum Gasteiger partial charge on any atom is -0.335 e. The Morgan fingerprint density at radius 3 is 2.84 bits per heavy atom. The monoisotopic (exact) mass is 509 g/mol. The van der Waals surface area contributed by atoms with Crippen LogP contribution in [0.4, 0.5) is 10.1 Å². The zero-order chi connectivity index (χ0) is 25.1. The molecular formula is C27H20FN7OS. The van der Waals surface area contributed by atoms with Crippen LogP contribution in [0.5, 0.6) is 0 Å². The number of fused-ring (bicyclic) bond motifs is 2. The zero-order valence-electron chi connectivity index (χ0n) is 19.7. The molecular weight excluding hydrogens is 489 g/mol. The summed E-state index contributed by atoms with van der Waals surface area (Å²) < 4.78 is 15.2. The van der Waals surface area contributed by atoms with Gasteiger partial charge in [0.05, 0.1) is 22.9 Å². The van der Waals surface area contributed by atoms with E-state index in [9.17, 15) is 4.79 Å². The first kappa shape index (κ1) is 21.8. The highest BCUT2D eigenvalue weighted by molar-refractivity contribution is 7.15. The first-order valence-corrected chi connectivity index (χ1v) is 12.7. The molecule has 0 bridgehead atoms. The van der Waals surface area contributed by atoms with Gasteiger partial charge in [-0.25, -0.2) is 14.4 Å². The molecule has 0 saturated heterocycles. The van der Waals surface area contributed by atoms with Gasteiger partial charge < -0.3 is 10.3 Å². The van der Waals surface area contributed by atoms with E-state index < -0.39 is 5.82 Å². The fraction of sp³-hybridized carbons (Fsp3) is 0.148. The molecule has 7 rings (SSSR count). The van der Waals surface area contributed by atoms with Crippen LogP contribution in [0.2, 0.25) is 0 Å². The van der Waals surface area contributed by atoms with E-state index in [2.05, 4.69) is 49.5 Å². The fourth-order valence-electron chi connectivity index (χ4n) is 4.49. The topological polar surface area (TPSA) is 112 Å². The number of aromatic nitrogens is 6. The minimum absolute atomic E-state index is 0.0254. The summed E-state index contributed by atoms with van der Waals surface area (Å²) in [5, 5.41) is 10.9. The van der Waals surface area contributed by atoms with E-state index in [0.29, 0.717) is 44.9 Å². The van der Waals surface area contributed by atoms with Crippen molar-refractivity contribution in [2.45, 2.75) is 19.8 Å². The van der Waals surface area contributed by atoms with Crippen LogP contribution in [0.15, 0.2) is 55.0 Å². The number of pyridine rings is 2. The Morgan fingerprint density at radius 1 is 1.14 bits per heavy atom. The Morgan fingerprint density at radius 2 is 2.03 bits per heavy atom. The van der Waals surface area contributed by atoms with Crippen LogP contribution in [-0.4, -0.2) is 36.0 Å². The standard InChI is InChI=1S/C27H20FN7OS/c1-13-2-5-22(37-13)17-6-7-30-25-23(17)32-26(33-25)24-19-9-18(20(28)10-21(19)34-35-24)15-8-16(12-29-11-15)31-27(36)14-3-4-14/h2,5-12,14H,3-4H2,1H3,(H,31,36)(H,34,35)(H,30,32,33). The van der Waals surface area contributed by atoms with Crippen molar-refractivity contribution >= 4 is 45.0 Å². The number of hydrogen-bond acceptors (Lipinski definition) is 6. The summed E-state index contributed by atoms with van der Waals surface area (Å²) >= 11 is 1.70. The Balaban J connectivity index is 1.31. The average Bonchev–Trinajstić information content (AvgIpc) is 3.31. The van der Waals surface area contributed by atoms with Crippen molar-refractivity contribution in [2.75, 3.05) is 5.32 Å². The number of thiophene rings is 1. The summed E-state index contributed by atoms with van der Waals surface area (Å²) in [5.41, 5.74) is 4.99. The van der Waals surface area contributed by atoms with Crippen molar-refractivity contribution in [3.63, 3.8) is 0 Å². The van der Waals surface area contributed by atoms with Gasteiger partial charge in [-0.05, 0) is 50.1 Å². The summed E-state index contributed by atoms with van der Waals surface area (Å²) in [5.74, 6) is 0.155. The van der Waals surface area contributed by atoms with Crippen molar-refractivity contribution in [2.24, 2.45) is 5.92 Å². The molecule has 0 atom stereocenters. The van der Waals surface area contributed by atoms with E-state index in [1.54, 1.807) is 42.1 Å². The molecule has 1 amide bonds. The number of imidazole rings is 1. The predicted molar refractivity (Wildman–Crippen MR) is 142 cm³/mol. The second-order valence-electron chi connectivity index (χ2n) is 9.23. The number of halogens is 1. The highest BCUT2D eigenvalue weighted by Gasteiger charge is 2.29. The molecule has 0 unspecified atom stereocenters. The van der Waals surface area contributed by atoms with Crippen molar-refractivity contribution in [1.29, 1.82) is 0 Å². The second-order valence-corrected chi connectivity index (χ2v) is 10.5. The molecule has 8 nitrogen and oxygen atoms in total. The number of carbonyl (C=O) groups excluding carboxylic acids is 1. The SMILES string of the molecule is Cc1ccc(-c2ccnc3nc(-c4n[nH]c5cc(F)c(-c6cncc(NC(=O)C7CC7)c6)cc45)[nH]c23)s1. The number of aromatic amines is 2. The Hall–Kier alpha value is -4.44. The maximum absolute atomic E-state index is 15.2. The molecule has 1 aliphatic carbocycles. The van der Waals surface area contributed by atoms with Gasteiger partial charge in [0.25, 0.3) is 0 Å². The molecule has 1 aromatic carbocycles. The Bertz CT molecular complexity index is 1830. The maximum atomic E-state index is 15.2. The third-order valence-corrected chi connectivity index (χ3v) is 7.57. The third kappa shape index (κ3) is 3.86. The summed E-state index contributed by atoms with van der Waals surface area (Å²) in [6.07, 6.45) is 6.70. The van der Waals surface area contributed by atoms with Gasteiger partial charge in [-0.3, -0.25) is 14.9 Å². The van der Waals surface area contributed by atoms with Gasteiger partial charge in [0.15, 0.2) is 11.5 Å². The summed E-state index contributed by atoms with van der Waals surface area (Å²) in [7, 11) is 0. The van der Waals surface area contributed by atoms with E-state index in [1.807, 2.05) is 6.07 Å². The maximum Gasteiger partial charge on any atom is 0.227 e. The highest BCUT2D eigenvalue weighted by atomic mass is 32.1. The van der Waals surface area contributed by atoms with E-state index in [0.717, 1.165) is 28.8 Å². The molecule has 182 valence electrons. The quantitative estimate of drug-likeness (QED) is 0.260.